The van der Waals surface area contributed by atoms with E-state index < -0.39 is 6.10 Å². The van der Waals surface area contributed by atoms with Gasteiger partial charge in [0, 0.05) is 12.8 Å². The van der Waals surface area contributed by atoms with Gasteiger partial charge in [0.2, 0.25) is 0 Å². The third-order valence-corrected chi connectivity index (χ3v) is 14.2. The first-order chi connectivity index (χ1) is 34.1. The van der Waals surface area contributed by atoms with E-state index in [0.717, 1.165) is 51.4 Å². The van der Waals surface area contributed by atoms with Crippen LogP contribution in [-0.2, 0) is 19.1 Å². The van der Waals surface area contributed by atoms with Crippen LogP contribution in [0.3, 0.4) is 0 Å². The number of esters is 2. The van der Waals surface area contributed by atoms with Crippen LogP contribution in [0.4, 0.5) is 0 Å². The van der Waals surface area contributed by atoms with E-state index in [1.165, 1.54) is 263 Å². The van der Waals surface area contributed by atoms with Gasteiger partial charge in [0.1, 0.15) is 6.61 Å². The molecule has 0 aliphatic rings. The number of carbonyl (C=O) groups excluding carboxylic acids is 2. The molecular formula is C64H120O5. The normalized spacial score (nSPS) is 12.3. The molecule has 0 bridgehead atoms. The van der Waals surface area contributed by atoms with Crippen LogP contribution in [0.2, 0.25) is 0 Å². The van der Waals surface area contributed by atoms with E-state index in [0.29, 0.717) is 12.8 Å². The molecule has 0 fully saturated rings. The minimum absolute atomic E-state index is 0.0650. The van der Waals surface area contributed by atoms with Crippen molar-refractivity contribution in [3.05, 3.63) is 36.5 Å². The van der Waals surface area contributed by atoms with E-state index in [2.05, 4.69) is 50.3 Å². The Bertz CT molecular complexity index is 1100. The van der Waals surface area contributed by atoms with Gasteiger partial charge in [-0.2, -0.15) is 0 Å². The largest absolute Gasteiger partial charge is 0.462 e. The number of allylic oxidation sites excluding steroid dienone is 6. The predicted octanol–water partition coefficient (Wildman–Crippen LogP) is 21.0. The summed E-state index contributed by atoms with van der Waals surface area (Å²) in [7, 11) is 0. The zero-order valence-electron chi connectivity index (χ0n) is 46.6. The summed E-state index contributed by atoms with van der Waals surface area (Å²) in [4.78, 5) is 24.5. The van der Waals surface area contributed by atoms with Crippen LogP contribution in [0.5, 0.6) is 0 Å². The Labute approximate surface area is 431 Å². The summed E-state index contributed by atoms with van der Waals surface area (Å²) in [6, 6.07) is 0. The van der Waals surface area contributed by atoms with E-state index in [4.69, 9.17) is 9.47 Å². The molecule has 0 aliphatic heterocycles. The number of aliphatic hydroxyl groups excluding tert-OH is 1. The van der Waals surface area contributed by atoms with Gasteiger partial charge in [-0.15, -0.1) is 0 Å². The van der Waals surface area contributed by atoms with Crippen LogP contribution in [-0.4, -0.2) is 36.4 Å². The molecule has 1 N–H and O–H groups in total. The minimum atomic E-state index is -0.772. The molecule has 0 spiro atoms. The van der Waals surface area contributed by atoms with Gasteiger partial charge in [-0.05, 0) is 70.6 Å². The highest BCUT2D eigenvalue weighted by molar-refractivity contribution is 5.70. The topological polar surface area (TPSA) is 72.8 Å². The van der Waals surface area contributed by atoms with Crippen molar-refractivity contribution in [1.29, 1.82) is 0 Å². The van der Waals surface area contributed by atoms with E-state index in [9.17, 15) is 14.7 Å². The zero-order chi connectivity index (χ0) is 49.9. The van der Waals surface area contributed by atoms with Crippen molar-refractivity contribution < 1.29 is 24.2 Å². The number of hydrogen-bond acceptors (Lipinski definition) is 5. The number of carbonyl (C=O) groups is 2. The van der Waals surface area contributed by atoms with E-state index in [-0.39, 0.29) is 25.2 Å². The molecule has 0 saturated heterocycles. The molecule has 5 heteroatoms. The van der Waals surface area contributed by atoms with Crippen LogP contribution in [0.25, 0.3) is 0 Å². The molecule has 0 aromatic heterocycles. The molecule has 0 saturated carbocycles. The Morgan fingerprint density at radius 2 is 0.580 bits per heavy atom. The second-order valence-electron chi connectivity index (χ2n) is 21.1. The van der Waals surface area contributed by atoms with Crippen molar-refractivity contribution in [2.24, 2.45) is 0 Å². The molecular weight excluding hydrogens is 849 g/mol. The third kappa shape index (κ3) is 58.6. The second-order valence-corrected chi connectivity index (χ2v) is 21.1. The Hall–Kier alpha value is -1.88. The Morgan fingerprint density at radius 3 is 0.870 bits per heavy atom. The average Bonchev–Trinajstić information content (AvgIpc) is 3.35. The maximum atomic E-state index is 12.3. The van der Waals surface area contributed by atoms with E-state index in [1.54, 1.807) is 0 Å². The first-order valence-corrected chi connectivity index (χ1v) is 31.0. The first kappa shape index (κ1) is 67.1. The van der Waals surface area contributed by atoms with Gasteiger partial charge >= 0.3 is 11.9 Å². The summed E-state index contributed by atoms with van der Waals surface area (Å²) in [5.41, 5.74) is 0. The quantitative estimate of drug-likeness (QED) is 0.0373. The highest BCUT2D eigenvalue weighted by Gasteiger charge is 2.16. The Balaban J connectivity index is 3.37. The standard InChI is InChI=1S/C64H120O5/c1-3-5-7-9-11-13-15-17-19-21-22-23-24-25-26-27-28-29-30-31-32-33-34-35-36-37-38-39-40-41-42-43-45-47-49-51-53-55-57-59-64(67)69-62(60-65)61-68-63(66)58-56-54-52-50-48-46-44-20-18-16-14-12-10-8-6-4-2/h15,17,20-22,44,62,65H,3-14,16,18-19,23-43,45-61H2,1-2H3/b17-15-,22-21-,44-20-. The van der Waals surface area contributed by atoms with E-state index in [1.807, 2.05) is 0 Å². The summed E-state index contributed by atoms with van der Waals surface area (Å²) in [5, 5.41) is 9.65. The second kappa shape index (κ2) is 60.4. The maximum absolute atomic E-state index is 12.3. The molecule has 5 nitrogen and oxygen atoms in total. The van der Waals surface area contributed by atoms with Crippen molar-refractivity contribution in [3.8, 4) is 0 Å². The van der Waals surface area contributed by atoms with Crippen LogP contribution in [0.15, 0.2) is 36.5 Å². The van der Waals surface area contributed by atoms with Gasteiger partial charge in [0.15, 0.2) is 6.10 Å². The van der Waals surface area contributed by atoms with Crippen molar-refractivity contribution in [1.82, 2.24) is 0 Å². The molecule has 0 rings (SSSR count). The molecule has 69 heavy (non-hydrogen) atoms. The monoisotopic (exact) mass is 969 g/mol. The molecule has 406 valence electrons. The number of rotatable bonds is 58. The lowest BCUT2D eigenvalue weighted by Crippen LogP contribution is -2.28. The number of unbranched alkanes of at least 4 members (excludes halogenated alkanes) is 44. The minimum Gasteiger partial charge on any atom is -0.462 e. The molecule has 0 aromatic rings. The van der Waals surface area contributed by atoms with Crippen LogP contribution in [0.1, 0.15) is 341 Å². The predicted molar refractivity (Wildman–Crippen MR) is 302 cm³/mol. The van der Waals surface area contributed by atoms with Crippen molar-refractivity contribution >= 4 is 11.9 Å². The number of aliphatic hydroxyl groups is 1. The highest BCUT2D eigenvalue weighted by atomic mass is 16.6. The van der Waals surface area contributed by atoms with Gasteiger partial charge in [-0.25, -0.2) is 0 Å². The molecule has 0 heterocycles. The van der Waals surface area contributed by atoms with Crippen molar-refractivity contribution in [2.75, 3.05) is 13.2 Å². The summed E-state index contributed by atoms with van der Waals surface area (Å²) in [6.07, 6.45) is 78.8. The SMILES string of the molecule is CCCCCCC/C=C\C/C=C\CCCCCCCCCCCCCCCCCCCCCCCCCCCCCC(=O)OC(CO)COC(=O)CCCCCCC/C=C\CCCCCCCCC. The fourth-order valence-electron chi connectivity index (χ4n) is 9.47. The highest BCUT2D eigenvalue weighted by Crippen LogP contribution is 2.18. The van der Waals surface area contributed by atoms with Gasteiger partial charge in [0.05, 0.1) is 6.61 Å². The fraction of sp³-hybridized carbons (Fsp3) is 0.875. The lowest BCUT2D eigenvalue weighted by Gasteiger charge is -2.15. The van der Waals surface area contributed by atoms with Crippen LogP contribution >= 0.6 is 0 Å². The lowest BCUT2D eigenvalue weighted by molar-refractivity contribution is -0.161. The molecule has 1 atom stereocenters. The fourth-order valence-corrected chi connectivity index (χ4v) is 9.47. The first-order valence-electron chi connectivity index (χ1n) is 31.0. The van der Waals surface area contributed by atoms with Crippen LogP contribution < -0.4 is 0 Å². The van der Waals surface area contributed by atoms with Gasteiger partial charge in [-0.3, -0.25) is 9.59 Å². The summed E-state index contributed by atoms with van der Waals surface area (Å²) in [5.74, 6) is -0.583. The number of hydrogen-bond donors (Lipinski definition) is 1. The summed E-state index contributed by atoms with van der Waals surface area (Å²) < 4.78 is 10.7. The molecule has 0 amide bonds. The van der Waals surface area contributed by atoms with Crippen molar-refractivity contribution in [3.63, 3.8) is 0 Å². The lowest BCUT2D eigenvalue weighted by atomic mass is 10.0. The van der Waals surface area contributed by atoms with Gasteiger partial charge < -0.3 is 14.6 Å². The summed E-state index contributed by atoms with van der Waals surface area (Å²) in [6.45, 7) is 4.16. The smallest absolute Gasteiger partial charge is 0.306 e. The molecule has 1 unspecified atom stereocenters. The Morgan fingerprint density at radius 1 is 0.333 bits per heavy atom. The Kier molecular flexibility index (Phi) is 58.8. The summed E-state index contributed by atoms with van der Waals surface area (Å²) >= 11 is 0. The molecule has 0 radical (unpaired) electrons. The third-order valence-electron chi connectivity index (χ3n) is 14.2. The van der Waals surface area contributed by atoms with Gasteiger partial charge in [-0.1, -0.05) is 294 Å². The molecule has 0 aliphatic carbocycles. The number of ether oxygens (including phenoxy) is 2. The van der Waals surface area contributed by atoms with Gasteiger partial charge in [0.25, 0.3) is 0 Å². The van der Waals surface area contributed by atoms with Crippen LogP contribution in [0, 0.1) is 0 Å². The zero-order valence-corrected chi connectivity index (χ0v) is 46.6. The average molecular weight is 970 g/mol. The van der Waals surface area contributed by atoms with E-state index >= 15 is 0 Å². The maximum Gasteiger partial charge on any atom is 0.306 e. The van der Waals surface area contributed by atoms with Crippen molar-refractivity contribution in [2.45, 2.75) is 347 Å². The molecule has 0 aromatic carbocycles.